The minimum Gasteiger partial charge on any atom is -0.481 e. The van der Waals surface area contributed by atoms with E-state index in [0.29, 0.717) is 12.8 Å². The summed E-state index contributed by atoms with van der Waals surface area (Å²) in [6.07, 6.45) is 4.35. The summed E-state index contributed by atoms with van der Waals surface area (Å²) in [5, 5.41) is 17.9. The zero-order valence-corrected chi connectivity index (χ0v) is 10.4. The fraction of sp³-hybridized carbons (Fsp3) is 0.769. The standard InChI is InChI=1S/C13H20O5/c14-11-6-4-2-1-3-5-10(13(17)18)9(11)7-8-12(15)16/h9-10H,1-8H2,(H,15,16)(H,17,18). The lowest BCUT2D eigenvalue weighted by molar-refractivity contribution is -0.148. The maximum atomic E-state index is 12.0. The summed E-state index contributed by atoms with van der Waals surface area (Å²) in [7, 11) is 0. The predicted molar refractivity (Wildman–Crippen MR) is 64.2 cm³/mol. The highest BCUT2D eigenvalue weighted by atomic mass is 16.4. The third kappa shape index (κ3) is 4.47. The maximum Gasteiger partial charge on any atom is 0.307 e. The van der Waals surface area contributed by atoms with Gasteiger partial charge >= 0.3 is 11.9 Å². The predicted octanol–water partition coefficient (Wildman–Crippen LogP) is 2.09. The molecule has 0 aromatic heterocycles. The van der Waals surface area contributed by atoms with E-state index in [9.17, 15) is 19.5 Å². The van der Waals surface area contributed by atoms with Gasteiger partial charge in [0.15, 0.2) is 0 Å². The van der Waals surface area contributed by atoms with Gasteiger partial charge in [-0.1, -0.05) is 19.3 Å². The second-order valence-corrected chi connectivity index (χ2v) is 4.90. The zero-order chi connectivity index (χ0) is 13.5. The SMILES string of the molecule is O=C(O)CCC1C(=O)CCCCCCC1C(=O)O. The summed E-state index contributed by atoms with van der Waals surface area (Å²) in [5.41, 5.74) is 0. The van der Waals surface area contributed by atoms with Gasteiger partial charge in [0.1, 0.15) is 5.78 Å². The average molecular weight is 256 g/mol. The van der Waals surface area contributed by atoms with Crippen LogP contribution in [-0.2, 0) is 14.4 Å². The molecular weight excluding hydrogens is 236 g/mol. The van der Waals surface area contributed by atoms with Gasteiger partial charge in [0.25, 0.3) is 0 Å². The summed E-state index contributed by atoms with van der Waals surface area (Å²) in [6, 6.07) is 0. The van der Waals surface area contributed by atoms with Crippen molar-refractivity contribution in [2.45, 2.75) is 51.4 Å². The number of hydrogen-bond acceptors (Lipinski definition) is 3. The molecule has 0 aliphatic heterocycles. The third-order valence-electron chi connectivity index (χ3n) is 3.57. The molecule has 1 rings (SSSR count). The van der Waals surface area contributed by atoms with Crippen LogP contribution in [0.4, 0.5) is 0 Å². The lowest BCUT2D eigenvalue weighted by atomic mass is 9.81. The molecule has 1 aliphatic carbocycles. The third-order valence-corrected chi connectivity index (χ3v) is 3.57. The second-order valence-electron chi connectivity index (χ2n) is 4.90. The molecule has 0 aromatic rings. The Morgan fingerprint density at radius 1 is 1.11 bits per heavy atom. The molecule has 0 bridgehead atoms. The number of carbonyl (C=O) groups excluding carboxylic acids is 1. The van der Waals surface area contributed by atoms with Crippen molar-refractivity contribution < 1.29 is 24.6 Å². The van der Waals surface area contributed by atoms with Crippen molar-refractivity contribution in [3.63, 3.8) is 0 Å². The molecule has 2 atom stereocenters. The Hall–Kier alpha value is -1.39. The fourth-order valence-corrected chi connectivity index (χ4v) is 2.56. The minimum atomic E-state index is -0.980. The van der Waals surface area contributed by atoms with Crippen LogP contribution in [0.25, 0.3) is 0 Å². The monoisotopic (exact) mass is 256 g/mol. The number of carboxylic acids is 2. The molecule has 102 valence electrons. The van der Waals surface area contributed by atoms with E-state index < -0.39 is 23.8 Å². The molecule has 2 unspecified atom stereocenters. The van der Waals surface area contributed by atoms with Crippen LogP contribution in [0.5, 0.6) is 0 Å². The summed E-state index contributed by atoms with van der Waals surface area (Å²) < 4.78 is 0. The minimum absolute atomic E-state index is 0.0782. The van der Waals surface area contributed by atoms with Crippen LogP contribution in [0.2, 0.25) is 0 Å². The lowest BCUT2D eigenvalue weighted by Crippen LogP contribution is -2.30. The Labute approximate surface area is 106 Å². The first-order valence-electron chi connectivity index (χ1n) is 6.49. The van der Waals surface area contributed by atoms with E-state index in [0.717, 1.165) is 25.7 Å². The normalized spacial score (nSPS) is 25.9. The van der Waals surface area contributed by atoms with Gasteiger partial charge in [-0.25, -0.2) is 0 Å². The second kappa shape index (κ2) is 7.13. The lowest BCUT2D eigenvalue weighted by Gasteiger charge is -2.21. The topological polar surface area (TPSA) is 91.7 Å². The zero-order valence-electron chi connectivity index (χ0n) is 10.4. The van der Waals surface area contributed by atoms with Crippen molar-refractivity contribution in [2.24, 2.45) is 11.8 Å². The Bertz CT molecular complexity index is 323. The average Bonchev–Trinajstić information content (AvgIpc) is 2.37. The molecule has 2 N–H and O–H groups in total. The van der Waals surface area contributed by atoms with Crippen molar-refractivity contribution in [2.75, 3.05) is 0 Å². The van der Waals surface area contributed by atoms with Gasteiger partial charge in [0, 0.05) is 18.8 Å². The first kappa shape index (κ1) is 14.7. The van der Waals surface area contributed by atoms with Crippen LogP contribution in [0.1, 0.15) is 51.4 Å². The molecule has 0 amide bonds. The molecule has 0 aromatic carbocycles. The highest BCUT2D eigenvalue weighted by Crippen LogP contribution is 2.28. The number of aliphatic carboxylic acids is 2. The number of carboxylic acid groups (broad SMARTS) is 2. The van der Waals surface area contributed by atoms with Crippen LogP contribution < -0.4 is 0 Å². The van der Waals surface area contributed by atoms with E-state index >= 15 is 0 Å². The highest BCUT2D eigenvalue weighted by molar-refractivity contribution is 5.86. The number of Topliss-reactive ketones (excluding diaryl/α,β-unsaturated/α-hetero) is 1. The molecule has 5 nitrogen and oxygen atoms in total. The fourth-order valence-electron chi connectivity index (χ4n) is 2.56. The van der Waals surface area contributed by atoms with E-state index in [1.165, 1.54) is 0 Å². The van der Waals surface area contributed by atoms with Crippen molar-refractivity contribution >= 4 is 17.7 Å². The summed E-state index contributed by atoms with van der Waals surface area (Å²) >= 11 is 0. The van der Waals surface area contributed by atoms with E-state index in [2.05, 4.69) is 0 Å². The van der Waals surface area contributed by atoms with Gasteiger partial charge < -0.3 is 10.2 Å². The summed E-state index contributed by atoms with van der Waals surface area (Å²) in [4.78, 5) is 33.8. The van der Waals surface area contributed by atoms with Gasteiger partial charge in [0.2, 0.25) is 0 Å². The molecule has 0 radical (unpaired) electrons. The Balaban J connectivity index is 2.78. The van der Waals surface area contributed by atoms with Gasteiger partial charge in [-0.2, -0.15) is 0 Å². The molecular formula is C13H20O5. The van der Waals surface area contributed by atoms with Crippen LogP contribution in [-0.4, -0.2) is 27.9 Å². The van der Waals surface area contributed by atoms with Crippen LogP contribution >= 0.6 is 0 Å². The van der Waals surface area contributed by atoms with Crippen LogP contribution in [0, 0.1) is 11.8 Å². The maximum absolute atomic E-state index is 12.0. The van der Waals surface area contributed by atoms with E-state index in [4.69, 9.17) is 5.11 Å². The highest BCUT2D eigenvalue weighted by Gasteiger charge is 2.33. The molecule has 0 spiro atoms. The Kier molecular flexibility index (Phi) is 5.82. The molecule has 0 saturated heterocycles. The molecule has 1 saturated carbocycles. The van der Waals surface area contributed by atoms with Crippen molar-refractivity contribution in [3.8, 4) is 0 Å². The largest absolute Gasteiger partial charge is 0.481 e. The number of ketones is 1. The van der Waals surface area contributed by atoms with Gasteiger partial charge in [0.05, 0.1) is 5.92 Å². The summed E-state index contributed by atoms with van der Waals surface area (Å²) in [6.45, 7) is 0. The molecule has 18 heavy (non-hydrogen) atoms. The van der Waals surface area contributed by atoms with Crippen molar-refractivity contribution in [3.05, 3.63) is 0 Å². The van der Waals surface area contributed by atoms with Gasteiger partial charge in [-0.05, 0) is 19.3 Å². The first-order chi connectivity index (χ1) is 8.52. The molecule has 1 aliphatic rings. The molecule has 1 fully saturated rings. The van der Waals surface area contributed by atoms with E-state index in [1.54, 1.807) is 0 Å². The van der Waals surface area contributed by atoms with E-state index in [1.807, 2.05) is 0 Å². The quantitative estimate of drug-likeness (QED) is 0.803. The molecule has 0 heterocycles. The number of rotatable bonds is 4. The summed E-state index contributed by atoms with van der Waals surface area (Å²) in [5.74, 6) is -3.37. The Morgan fingerprint density at radius 3 is 2.39 bits per heavy atom. The number of hydrogen-bond donors (Lipinski definition) is 2. The van der Waals surface area contributed by atoms with Gasteiger partial charge in [-0.3, -0.25) is 14.4 Å². The Morgan fingerprint density at radius 2 is 1.78 bits per heavy atom. The smallest absolute Gasteiger partial charge is 0.307 e. The van der Waals surface area contributed by atoms with Crippen molar-refractivity contribution in [1.82, 2.24) is 0 Å². The first-order valence-corrected chi connectivity index (χ1v) is 6.49. The van der Waals surface area contributed by atoms with Gasteiger partial charge in [-0.15, -0.1) is 0 Å². The van der Waals surface area contributed by atoms with E-state index in [-0.39, 0.29) is 18.6 Å². The van der Waals surface area contributed by atoms with Crippen molar-refractivity contribution in [1.29, 1.82) is 0 Å². The van der Waals surface area contributed by atoms with Crippen LogP contribution in [0.3, 0.4) is 0 Å². The van der Waals surface area contributed by atoms with Crippen LogP contribution in [0.15, 0.2) is 0 Å². The number of carbonyl (C=O) groups is 3. The molecule has 5 heteroatoms.